The third-order valence-electron chi connectivity index (χ3n) is 3.32. The summed E-state index contributed by atoms with van der Waals surface area (Å²) in [4.78, 5) is 13.3. The first-order valence-electron chi connectivity index (χ1n) is 6.44. The van der Waals surface area contributed by atoms with Gasteiger partial charge in [0.15, 0.2) is 0 Å². The van der Waals surface area contributed by atoms with Crippen molar-refractivity contribution in [3.05, 3.63) is 0 Å². The normalized spacial score (nSPS) is 23.0. The van der Waals surface area contributed by atoms with Gasteiger partial charge in [-0.15, -0.1) is 0 Å². The van der Waals surface area contributed by atoms with Crippen LogP contribution in [0.2, 0.25) is 0 Å². The van der Waals surface area contributed by atoms with Crippen LogP contribution in [-0.2, 0) is 14.3 Å². The number of nitrogens with zero attached hydrogens (tertiary/aromatic N) is 1. The van der Waals surface area contributed by atoms with Crippen LogP contribution >= 0.6 is 0 Å². The maximum Gasteiger partial charge on any atom is 0.306 e. The number of hydrogen-bond donors (Lipinski definition) is 0. The van der Waals surface area contributed by atoms with Gasteiger partial charge >= 0.3 is 5.97 Å². The van der Waals surface area contributed by atoms with Crippen molar-refractivity contribution in [2.24, 2.45) is 0 Å². The number of carbonyl (C=O) groups is 1. The molecule has 1 aliphatic rings. The van der Waals surface area contributed by atoms with Crippen LogP contribution in [0.3, 0.4) is 0 Å². The highest BCUT2D eigenvalue weighted by Gasteiger charge is 2.32. The minimum Gasteiger partial charge on any atom is -0.469 e. The van der Waals surface area contributed by atoms with Gasteiger partial charge in [-0.2, -0.15) is 0 Å². The molecule has 17 heavy (non-hydrogen) atoms. The zero-order valence-corrected chi connectivity index (χ0v) is 11.5. The zero-order valence-electron chi connectivity index (χ0n) is 11.5. The third-order valence-corrected chi connectivity index (χ3v) is 3.32. The Bertz CT molecular complexity index is 253. The summed E-state index contributed by atoms with van der Waals surface area (Å²) < 4.78 is 10.6. The molecule has 0 radical (unpaired) electrons. The summed E-state index contributed by atoms with van der Waals surface area (Å²) in [5.41, 5.74) is 0.0203. The van der Waals surface area contributed by atoms with Gasteiger partial charge in [-0.05, 0) is 33.2 Å². The second-order valence-electron chi connectivity index (χ2n) is 5.26. The van der Waals surface area contributed by atoms with E-state index in [2.05, 4.69) is 30.4 Å². The molecule has 0 aromatic carbocycles. The van der Waals surface area contributed by atoms with Gasteiger partial charge in [0.05, 0.1) is 25.2 Å². The number of carbonyl (C=O) groups excluding carboxylic acids is 1. The molecule has 0 N–H and O–H groups in total. The fourth-order valence-electron chi connectivity index (χ4n) is 2.22. The molecule has 4 nitrogen and oxygen atoms in total. The Kier molecular flexibility index (Phi) is 5.40. The summed E-state index contributed by atoms with van der Waals surface area (Å²) in [5, 5.41) is 0. The highest BCUT2D eigenvalue weighted by atomic mass is 16.5. The predicted molar refractivity (Wildman–Crippen MR) is 66.9 cm³/mol. The molecule has 0 aromatic rings. The van der Waals surface area contributed by atoms with Gasteiger partial charge in [0.1, 0.15) is 0 Å². The molecule has 0 bridgehead atoms. The van der Waals surface area contributed by atoms with Crippen molar-refractivity contribution in [3.63, 3.8) is 0 Å². The van der Waals surface area contributed by atoms with Crippen molar-refractivity contribution in [2.75, 3.05) is 26.7 Å². The van der Waals surface area contributed by atoms with Gasteiger partial charge in [0.25, 0.3) is 0 Å². The summed E-state index contributed by atoms with van der Waals surface area (Å²) in [5.74, 6) is -0.142. The molecule has 1 saturated heterocycles. The van der Waals surface area contributed by atoms with Crippen molar-refractivity contribution in [2.45, 2.75) is 51.7 Å². The SMILES string of the molecule is CCN(CCC(=O)OC)CC1CCC(C)(C)O1. The average Bonchev–Trinajstić information content (AvgIpc) is 2.63. The van der Waals surface area contributed by atoms with Crippen LogP contribution in [0.25, 0.3) is 0 Å². The maximum absolute atomic E-state index is 11.1. The Balaban J connectivity index is 2.30. The van der Waals surface area contributed by atoms with E-state index < -0.39 is 0 Å². The smallest absolute Gasteiger partial charge is 0.306 e. The van der Waals surface area contributed by atoms with Crippen molar-refractivity contribution in [3.8, 4) is 0 Å². The molecule has 0 aromatic heterocycles. The van der Waals surface area contributed by atoms with Crippen LogP contribution in [0.5, 0.6) is 0 Å². The van der Waals surface area contributed by atoms with Crippen LogP contribution < -0.4 is 0 Å². The van der Waals surface area contributed by atoms with E-state index in [0.717, 1.165) is 32.5 Å². The average molecular weight is 243 g/mol. The summed E-state index contributed by atoms with van der Waals surface area (Å²) in [6, 6.07) is 0. The van der Waals surface area contributed by atoms with Crippen LogP contribution in [0.1, 0.15) is 40.0 Å². The first-order valence-corrected chi connectivity index (χ1v) is 6.44. The molecule has 1 fully saturated rings. The second-order valence-corrected chi connectivity index (χ2v) is 5.26. The highest BCUT2D eigenvalue weighted by molar-refractivity contribution is 5.69. The molecule has 1 rings (SSSR count). The zero-order chi connectivity index (χ0) is 12.9. The number of methoxy groups -OCH3 is 1. The Labute approximate surface area is 104 Å². The van der Waals surface area contributed by atoms with Crippen molar-refractivity contribution in [1.82, 2.24) is 4.90 Å². The molecule has 1 aliphatic heterocycles. The molecular formula is C13H25NO3. The van der Waals surface area contributed by atoms with E-state index in [-0.39, 0.29) is 11.6 Å². The molecule has 1 atom stereocenters. The lowest BCUT2D eigenvalue weighted by Crippen LogP contribution is -2.35. The van der Waals surface area contributed by atoms with Gasteiger partial charge < -0.3 is 14.4 Å². The van der Waals surface area contributed by atoms with Crippen molar-refractivity contribution >= 4 is 5.97 Å². The standard InChI is InChI=1S/C13H25NO3/c1-5-14(9-7-12(15)16-4)10-11-6-8-13(2,3)17-11/h11H,5-10H2,1-4H3. The molecule has 100 valence electrons. The van der Waals surface area contributed by atoms with Crippen LogP contribution in [0.4, 0.5) is 0 Å². The molecule has 0 aliphatic carbocycles. The summed E-state index contributed by atoms with van der Waals surface area (Å²) >= 11 is 0. The summed E-state index contributed by atoms with van der Waals surface area (Å²) in [6.45, 7) is 8.99. The monoisotopic (exact) mass is 243 g/mol. The fraction of sp³-hybridized carbons (Fsp3) is 0.923. The van der Waals surface area contributed by atoms with Crippen molar-refractivity contribution < 1.29 is 14.3 Å². The van der Waals surface area contributed by atoms with E-state index in [0.29, 0.717) is 12.5 Å². The minimum atomic E-state index is -0.142. The van der Waals surface area contributed by atoms with E-state index in [1.54, 1.807) is 0 Å². The van der Waals surface area contributed by atoms with E-state index >= 15 is 0 Å². The van der Waals surface area contributed by atoms with Gasteiger partial charge in [-0.25, -0.2) is 0 Å². The van der Waals surface area contributed by atoms with Gasteiger partial charge in [-0.1, -0.05) is 6.92 Å². The first kappa shape index (κ1) is 14.5. The molecule has 0 amide bonds. The largest absolute Gasteiger partial charge is 0.469 e. The first-order chi connectivity index (χ1) is 7.96. The summed E-state index contributed by atoms with van der Waals surface area (Å²) in [7, 11) is 1.43. The Hall–Kier alpha value is -0.610. The highest BCUT2D eigenvalue weighted by Crippen LogP contribution is 2.29. The molecule has 0 spiro atoms. The maximum atomic E-state index is 11.1. The third kappa shape index (κ3) is 5.04. The Morgan fingerprint density at radius 2 is 2.24 bits per heavy atom. The molecule has 1 unspecified atom stereocenters. The van der Waals surface area contributed by atoms with E-state index in [1.165, 1.54) is 7.11 Å². The van der Waals surface area contributed by atoms with Crippen LogP contribution in [0, 0.1) is 0 Å². The number of esters is 1. The van der Waals surface area contributed by atoms with Gasteiger partial charge in [0, 0.05) is 13.1 Å². The second kappa shape index (κ2) is 6.36. The van der Waals surface area contributed by atoms with Gasteiger partial charge in [-0.3, -0.25) is 4.79 Å². The fourth-order valence-corrected chi connectivity index (χ4v) is 2.22. The lowest BCUT2D eigenvalue weighted by atomic mass is 10.1. The van der Waals surface area contributed by atoms with Crippen molar-refractivity contribution in [1.29, 1.82) is 0 Å². The number of likely N-dealkylation sites (N-methyl/N-ethyl adjacent to an activating group) is 1. The topological polar surface area (TPSA) is 38.8 Å². The molecule has 1 heterocycles. The minimum absolute atomic E-state index is 0.0203. The Morgan fingerprint density at radius 1 is 1.53 bits per heavy atom. The number of ether oxygens (including phenoxy) is 2. The molecule has 0 saturated carbocycles. The quantitative estimate of drug-likeness (QED) is 0.667. The number of hydrogen-bond acceptors (Lipinski definition) is 4. The Morgan fingerprint density at radius 3 is 2.71 bits per heavy atom. The van der Waals surface area contributed by atoms with Crippen LogP contribution in [-0.4, -0.2) is 49.3 Å². The predicted octanol–water partition coefficient (Wildman–Crippen LogP) is 1.83. The van der Waals surface area contributed by atoms with E-state index in [1.807, 2.05) is 0 Å². The van der Waals surface area contributed by atoms with E-state index in [4.69, 9.17) is 4.74 Å². The van der Waals surface area contributed by atoms with E-state index in [9.17, 15) is 4.79 Å². The molecule has 4 heteroatoms. The van der Waals surface area contributed by atoms with Gasteiger partial charge in [0.2, 0.25) is 0 Å². The molecular weight excluding hydrogens is 218 g/mol. The summed E-state index contributed by atoms with van der Waals surface area (Å²) in [6.07, 6.45) is 3.00. The lowest BCUT2D eigenvalue weighted by Gasteiger charge is -2.25. The number of rotatable bonds is 6. The lowest BCUT2D eigenvalue weighted by molar-refractivity contribution is -0.141. The van der Waals surface area contributed by atoms with Crippen LogP contribution in [0.15, 0.2) is 0 Å².